The highest BCUT2D eigenvalue weighted by molar-refractivity contribution is 8.26. The molecule has 0 atom stereocenters. The van der Waals surface area contributed by atoms with Gasteiger partial charge in [-0.1, -0.05) is 79.4 Å². The molecule has 2 aromatic rings. The minimum atomic E-state index is -0.191. The summed E-state index contributed by atoms with van der Waals surface area (Å²) in [5, 5.41) is 5.45. The number of carbonyl (C=O) groups excluding carboxylic acids is 1. The molecule has 1 aliphatic heterocycles. The van der Waals surface area contributed by atoms with Crippen LogP contribution in [-0.2, 0) is 11.2 Å². The molecule has 1 fully saturated rings. The van der Waals surface area contributed by atoms with Gasteiger partial charge in [-0.15, -0.1) is 0 Å². The highest BCUT2D eigenvalue weighted by Gasteiger charge is 2.31. The van der Waals surface area contributed by atoms with Crippen molar-refractivity contribution in [3.8, 4) is 0 Å². The molecule has 2 aromatic carbocycles. The van der Waals surface area contributed by atoms with Gasteiger partial charge in [0.05, 0.1) is 4.91 Å². The van der Waals surface area contributed by atoms with Crippen molar-refractivity contribution in [2.24, 2.45) is 5.10 Å². The zero-order valence-corrected chi connectivity index (χ0v) is 16.0. The number of thioether (sulfide) groups is 1. The van der Waals surface area contributed by atoms with E-state index in [1.165, 1.54) is 22.3 Å². The van der Waals surface area contributed by atoms with E-state index in [2.05, 4.69) is 24.2 Å². The Balaban J connectivity index is 1.69. The lowest BCUT2D eigenvalue weighted by Gasteiger charge is -2.05. The molecule has 26 heavy (non-hydrogen) atoms. The second kappa shape index (κ2) is 8.74. The zero-order valence-electron chi connectivity index (χ0n) is 14.3. The van der Waals surface area contributed by atoms with E-state index < -0.39 is 0 Å². The Hall–Kier alpha value is -2.50. The van der Waals surface area contributed by atoms with Crippen molar-refractivity contribution in [2.45, 2.75) is 13.3 Å². The van der Waals surface area contributed by atoms with Crippen molar-refractivity contribution < 1.29 is 4.79 Å². The third kappa shape index (κ3) is 4.56. The van der Waals surface area contributed by atoms with Gasteiger partial charge in [0.1, 0.15) is 0 Å². The summed E-state index contributed by atoms with van der Waals surface area (Å²) in [5.41, 5.74) is 3.32. The molecule has 0 spiro atoms. The Morgan fingerprint density at radius 1 is 1.08 bits per heavy atom. The van der Waals surface area contributed by atoms with Crippen LogP contribution in [0.3, 0.4) is 0 Å². The maximum atomic E-state index is 12.5. The Morgan fingerprint density at radius 3 is 2.50 bits per heavy atom. The third-order valence-electron chi connectivity index (χ3n) is 3.82. The molecule has 0 N–H and O–H groups in total. The average molecular weight is 379 g/mol. The first-order chi connectivity index (χ1) is 12.7. The lowest BCUT2D eigenvalue weighted by atomic mass is 10.1. The van der Waals surface area contributed by atoms with Crippen molar-refractivity contribution in [3.63, 3.8) is 0 Å². The zero-order chi connectivity index (χ0) is 18.4. The number of hydrazone groups is 1. The lowest BCUT2D eigenvalue weighted by Crippen LogP contribution is -2.21. The Labute approximate surface area is 163 Å². The van der Waals surface area contributed by atoms with Crippen LogP contribution in [0.1, 0.15) is 23.6 Å². The van der Waals surface area contributed by atoms with Crippen molar-refractivity contribution in [1.82, 2.24) is 5.01 Å². The fourth-order valence-corrected chi connectivity index (χ4v) is 3.56. The van der Waals surface area contributed by atoms with Crippen LogP contribution < -0.4 is 0 Å². The van der Waals surface area contributed by atoms with Crippen molar-refractivity contribution in [2.75, 3.05) is 0 Å². The van der Waals surface area contributed by atoms with Gasteiger partial charge in [0.25, 0.3) is 5.91 Å². The second-order valence-corrected chi connectivity index (χ2v) is 7.30. The summed E-state index contributed by atoms with van der Waals surface area (Å²) >= 11 is 6.55. The molecule has 0 bridgehead atoms. The second-order valence-electron chi connectivity index (χ2n) is 5.62. The number of hydrogen-bond donors (Lipinski definition) is 0. The number of benzene rings is 2. The number of thiocarbonyl (C=S) groups is 1. The summed E-state index contributed by atoms with van der Waals surface area (Å²) in [5.74, 6) is -0.191. The fraction of sp³-hybridized carbons (Fsp3) is 0.0952. The number of rotatable bonds is 5. The highest BCUT2D eigenvalue weighted by Crippen LogP contribution is 2.32. The molecule has 5 heteroatoms. The van der Waals surface area contributed by atoms with Crippen LogP contribution in [0.15, 0.2) is 70.7 Å². The number of amides is 1. The first-order valence-corrected chi connectivity index (χ1v) is 9.52. The van der Waals surface area contributed by atoms with Gasteiger partial charge in [-0.3, -0.25) is 4.79 Å². The normalized spacial score (nSPS) is 16.5. The molecule has 3 nitrogen and oxygen atoms in total. The van der Waals surface area contributed by atoms with E-state index in [1.807, 2.05) is 54.6 Å². The molecule has 1 saturated heterocycles. The number of aryl methyl sites for hydroxylation is 1. The lowest BCUT2D eigenvalue weighted by molar-refractivity contribution is -0.122. The minimum absolute atomic E-state index is 0.191. The van der Waals surface area contributed by atoms with Crippen LogP contribution in [0.2, 0.25) is 0 Å². The van der Waals surface area contributed by atoms with Crippen LogP contribution in [0.5, 0.6) is 0 Å². The van der Waals surface area contributed by atoms with Gasteiger partial charge in [-0.25, -0.2) is 0 Å². The summed E-state index contributed by atoms with van der Waals surface area (Å²) in [6, 6.07) is 18.1. The van der Waals surface area contributed by atoms with Gasteiger partial charge < -0.3 is 0 Å². The van der Waals surface area contributed by atoms with Crippen molar-refractivity contribution >= 4 is 52.6 Å². The minimum Gasteiger partial charge on any atom is -0.266 e. The average Bonchev–Trinajstić information content (AvgIpc) is 2.93. The van der Waals surface area contributed by atoms with E-state index in [0.717, 1.165) is 17.5 Å². The van der Waals surface area contributed by atoms with E-state index in [9.17, 15) is 4.79 Å². The maximum absolute atomic E-state index is 12.5. The van der Waals surface area contributed by atoms with Crippen molar-refractivity contribution in [3.05, 3.63) is 82.3 Å². The van der Waals surface area contributed by atoms with Gasteiger partial charge in [0, 0.05) is 6.21 Å². The van der Waals surface area contributed by atoms with Gasteiger partial charge in [0.15, 0.2) is 4.32 Å². The van der Waals surface area contributed by atoms with Crippen LogP contribution in [0.4, 0.5) is 0 Å². The summed E-state index contributed by atoms with van der Waals surface area (Å²) in [6.45, 7) is 2.12. The highest BCUT2D eigenvalue weighted by atomic mass is 32.2. The molecule has 0 aromatic heterocycles. The standard InChI is InChI=1S/C21H18N2OS2/c1-2-16-10-12-18(13-11-16)15-19-20(24)23(21(25)26-19)22-14-6-9-17-7-4-3-5-8-17/h3-15H,2H2,1H3/b9-6-,19-15+,22-14+. The van der Waals surface area contributed by atoms with Crippen LogP contribution in [0, 0.1) is 0 Å². The summed E-state index contributed by atoms with van der Waals surface area (Å²) in [6.07, 6.45) is 8.14. The Morgan fingerprint density at radius 2 is 1.81 bits per heavy atom. The predicted molar refractivity (Wildman–Crippen MR) is 115 cm³/mol. The summed E-state index contributed by atoms with van der Waals surface area (Å²) in [4.78, 5) is 13.1. The Kier molecular flexibility index (Phi) is 6.15. The topological polar surface area (TPSA) is 32.7 Å². The SMILES string of the molecule is CCc1ccc(/C=C2/SC(=S)N(/N=C/C=C\c3ccccc3)C2=O)cc1. The molecule has 1 amide bonds. The first-order valence-electron chi connectivity index (χ1n) is 8.30. The Bertz CT molecular complexity index is 884. The molecule has 0 radical (unpaired) electrons. The van der Waals surface area contributed by atoms with E-state index in [0.29, 0.717) is 9.23 Å². The quantitative estimate of drug-likeness (QED) is 0.410. The molecular formula is C21H18N2OS2. The largest absolute Gasteiger partial charge is 0.286 e. The van der Waals surface area contributed by atoms with Crippen LogP contribution >= 0.6 is 24.0 Å². The van der Waals surface area contributed by atoms with Crippen molar-refractivity contribution in [1.29, 1.82) is 0 Å². The first kappa shape index (κ1) is 18.3. The van der Waals surface area contributed by atoms with Gasteiger partial charge in [-0.05, 0) is 47.5 Å². The molecule has 1 aliphatic rings. The third-order valence-corrected chi connectivity index (χ3v) is 5.10. The fourth-order valence-electron chi connectivity index (χ4n) is 2.38. The predicted octanol–water partition coefficient (Wildman–Crippen LogP) is 5.15. The van der Waals surface area contributed by atoms with E-state index in [-0.39, 0.29) is 5.91 Å². The van der Waals surface area contributed by atoms with E-state index in [1.54, 1.807) is 12.3 Å². The van der Waals surface area contributed by atoms with E-state index >= 15 is 0 Å². The summed E-state index contributed by atoms with van der Waals surface area (Å²) < 4.78 is 0.441. The molecule has 3 rings (SSSR count). The number of allylic oxidation sites excluding steroid dienone is 1. The molecule has 0 unspecified atom stereocenters. The molecule has 0 saturated carbocycles. The van der Waals surface area contributed by atoms with E-state index in [4.69, 9.17) is 12.2 Å². The molecular weight excluding hydrogens is 360 g/mol. The van der Waals surface area contributed by atoms with Crippen LogP contribution in [0.25, 0.3) is 12.2 Å². The number of nitrogens with zero attached hydrogens (tertiary/aromatic N) is 2. The van der Waals surface area contributed by atoms with Crippen LogP contribution in [-0.4, -0.2) is 21.5 Å². The number of carbonyl (C=O) groups is 1. The van der Waals surface area contributed by atoms with Gasteiger partial charge >= 0.3 is 0 Å². The molecule has 0 aliphatic carbocycles. The maximum Gasteiger partial charge on any atom is 0.286 e. The van der Waals surface area contributed by atoms with Gasteiger partial charge in [-0.2, -0.15) is 10.1 Å². The molecule has 1 heterocycles. The van der Waals surface area contributed by atoms with Gasteiger partial charge in [0.2, 0.25) is 0 Å². The summed E-state index contributed by atoms with van der Waals surface area (Å²) in [7, 11) is 0. The monoisotopic (exact) mass is 378 g/mol. The smallest absolute Gasteiger partial charge is 0.266 e. The molecule has 130 valence electrons. The number of hydrogen-bond acceptors (Lipinski definition) is 4.